The van der Waals surface area contributed by atoms with Crippen molar-refractivity contribution in [2.45, 2.75) is 57.5 Å². The third-order valence-electron chi connectivity index (χ3n) is 4.89. The summed E-state index contributed by atoms with van der Waals surface area (Å²) in [4.78, 5) is 2.62. The maximum atomic E-state index is 6.13. The van der Waals surface area contributed by atoms with Crippen LogP contribution in [0.15, 0.2) is 22.8 Å². The van der Waals surface area contributed by atoms with Crippen molar-refractivity contribution in [2.24, 2.45) is 11.1 Å². The molecule has 3 heteroatoms. The second-order valence-electron chi connectivity index (χ2n) is 6.48. The van der Waals surface area contributed by atoms with Crippen molar-refractivity contribution in [2.75, 3.05) is 13.1 Å². The summed E-state index contributed by atoms with van der Waals surface area (Å²) < 4.78 is 5.52. The molecule has 0 aliphatic heterocycles. The van der Waals surface area contributed by atoms with Crippen LogP contribution in [0.5, 0.6) is 0 Å². The Morgan fingerprint density at radius 2 is 2.05 bits per heavy atom. The molecule has 3 rings (SSSR count). The van der Waals surface area contributed by atoms with E-state index in [-0.39, 0.29) is 0 Å². The standard InChI is InChI=1S/C16H26N2O/c17-12-16(8-2-1-3-9-16)13-18(14-6-7-14)11-15-5-4-10-19-15/h4-5,10,14H,1-3,6-9,11-13,17H2. The van der Waals surface area contributed by atoms with Gasteiger partial charge in [-0.2, -0.15) is 0 Å². The van der Waals surface area contributed by atoms with Gasteiger partial charge in [0.25, 0.3) is 0 Å². The van der Waals surface area contributed by atoms with Gasteiger partial charge in [0.1, 0.15) is 5.76 Å². The second-order valence-corrected chi connectivity index (χ2v) is 6.48. The average molecular weight is 262 g/mol. The van der Waals surface area contributed by atoms with Gasteiger partial charge in [-0.25, -0.2) is 0 Å². The van der Waals surface area contributed by atoms with Gasteiger partial charge in [0, 0.05) is 12.6 Å². The lowest BCUT2D eigenvalue weighted by Gasteiger charge is -2.40. The van der Waals surface area contributed by atoms with Gasteiger partial charge < -0.3 is 10.2 Å². The number of nitrogens with two attached hydrogens (primary N) is 1. The van der Waals surface area contributed by atoms with E-state index in [2.05, 4.69) is 11.0 Å². The summed E-state index contributed by atoms with van der Waals surface area (Å²) >= 11 is 0. The molecule has 3 nitrogen and oxygen atoms in total. The molecule has 1 aromatic rings. The minimum atomic E-state index is 0.368. The van der Waals surface area contributed by atoms with E-state index in [1.54, 1.807) is 6.26 Å². The number of hydrogen-bond donors (Lipinski definition) is 1. The van der Waals surface area contributed by atoms with Gasteiger partial charge in [-0.1, -0.05) is 19.3 Å². The van der Waals surface area contributed by atoms with Crippen LogP contribution in [0.2, 0.25) is 0 Å². The van der Waals surface area contributed by atoms with Gasteiger partial charge in [-0.3, -0.25) is 4.90 Å². The molecule has 2 saturated carbocycles. The minimum Gasteiger partial charge on any atom is -0.468 e. The van der Waals surface area contributed by atoms with E-state index < -0.39 is 0 Å². The van der Waals surface area contributed by atoms with Crippen LogP contribution in [0, 0.1) is 5.41 Å². The first-order valence-electron chi connectivity index (χ1n) is 7.78. The molecular weight excluding hydrogens is 236 g/mol. The molecule has 0 bridgehead atoms. The fraction of sp³-hybridized carbons (Fsp3) is 0.750. The Kier molecular flexibility index (Phi) is 3.94. The van der Waals surface area contributed by atoms with Crippen LogP contribution < -0.4 is 5.73 Å². The Labute approximate surface area is 116 Å². The molecule has 2 fully saturated rings. The first-order valence-corrected chi connectivity index (χ1v) is 7.78. The van der Waals surface area contributed by atoms with E-state index in [4.69, 9.17) is 10.2 Å². The van der Waals surface area contributed by atoms with Gasteiger partial charge in [0.15, 0.2) is 0 Å². The number of hydrogen-bond acceptors (Lipinski definition) is 3. The van der Waals surface area contributed by atoms with Crippen LogP contribution in [0.25, 0.3) is 0 Å². The largest absolute Gasteiger partial charge is 0.468 e. The molecule has 2 aliphatic carbocycles. The molecule has 0 aromatic carbocycles. The Morgan fingerprint density at radius 1 is 1.26 bits per heavy atom. The lowest BCUT2D eigenvalue weighted by Crippen LogP contribution is -2.44. The van der Waals surface area contributed by atoms with E-state index in [0.717, 1.165) is 31.4 Å². The molecular formula is C16H26N2O. The maximum absolute atomic E-state index is 6.13. The predicted octanol–water partition coefficient (Wildman–Crippen LogP) is 3.15. The lowest BCUT2D eigenvalue weighted by molar-refractivity contribution is 0.0960. The zero-order valence-electron chi connectivity index (χ0n) is 11.8. The van der Waals surface area contributed by atoms with E-state index in [0.29, 0.717) is 5.41 Å². The van der Waals surface area contributed by atoms with Crippen LogP contribution in [-0.4, -0.2) is 24.0 Å². The van der Waals surface area contributed by atoms with Crippen molar-refractivity contribution in [3.05, 3.63) is 24.2 Å². The zero-order chi connectivity index (χ0) is 13.1. The highest BCUT2D eigenvalue weighted by atomic mass is 16.3. The van der Waals surface area contributed by atoms with Gasteiger partial charge >= 0.3 is 0 Å². The summed E-state index contributed by atoms with van der Waals surface area (Å²) in [6, 6.07) is 4.85. The van der Waals surface area contributed by atoms with Crippen LogP contribution in [0.3, 0.4) is 0 Å². The Balaban J connectivity index is 1.66. The van der Waals surface area contributed by atoms with Crippen molar-refractivity contribution in [3.63, 3.8) is 0 Å². The van der Waals surface area contributed by atoms with E-state index in [1.165, 1.54) is 44.9 Å². The number of nitrogens with zero attached hydrogens (tertiary/aromatic N) is 1. The Hall–Kier alpha value is -0.800. The first-order chi connectivity index (χ1) is 9.31. The van der Waals surface area contributed by atoms with Gasteiger partial charge in [-0.05, 0) is 49.8 Å². The van der Waals surface area contributed by atoms with Crippen LogP contribution >= 0.6 is 0 Å². The number of rotatable bonds is 6. The molecule has 0 saturated heterocycles. The summed E-state index contributed by atoms with van der Waals surface area (Å²) in [7, 11) is 0. The molecule has 0 amide bonds. The smallest absolute Gasteiger partial charge is 0.117 e. The summed E-state index contributed by atoms with van der Waals surface area (Å²) in [6.07, 6.45) is 11.2. The average Bonchev–Trinajstić information content (AvgIpc) is 3.18. The summed E-state index contributed by atoms with van der Waals surface area (Å²) in [5, 5.41) is 0. The molecule has 0 atom stereocenters. The molecule has 1 aromatic heterocycles. The molecule has 2 aliphatic rings. The summed E-state index contributed by atoms with van der Waals surface area (Å²) in [5.41, 5.74) is 6.50. The molecule has 0 spiro atoms. The molecule has 0 unspecified atom stereocenters. The van der Waals surface area contributed by atoms with Crippen molar-refractivity contribution >= 4 is 0 Å². The second kappa shape index (κ2) is 5.68. The summed E-state index contributed by atoms with van der Waals surface area (Å²) in [5.74, 6) is 1.09. The Morgan fingerprint density at radius 3 is 2.63 bits per heavy atom. The van der Waals surface area contributed by atoms with Crippen LogP contribution in [0.1, 0.15) is 50.7 Å². The maximum Gasteiger partial charge on any atom is 0.117 e. The highest BCUT2D eigenvalue weighted by Crippen LogP contribution is 2.39. The third-order valence-corrected chi connectivity index (χ3v) is 4.89. The normalized spacial score (nSPS) is 22.8. The zero-order valence-corrected chi connectivity index (χ0v) is 11.8. The molecule has 0 radical (unpaired) electrons. The summed E-state index contributed by atoms with van der Waals surface area (Å²) in [6.45, 7) is 2.96. The molecule has 1 heterocycles. The van der Waals surface area contributed by atoms with Crippen LogP contribution in [-0.2, 0) is 6.54 Å². The van der Waals surface area contributed by atoms with Gasteiger partial charge in [0.05, 0.1) is 12.8 Å². The monoisotopic (exact) mass is 262 g/mol. The highest BCUT2D eigenvalue weighted by Gasteiger charge is 2.37. The first kappa shape index (κ1) is 13.2. The molecule has 106 valence electrons. The minimum absolute atomic E-state index is 0.368. The quantitative estimate of drug-likeness (QED) is 0.856. The van der Waals surface area contributed by atoms with Crippen LogP contribution in [0.4, 0.5) is 0 Å². The fourth-order valence-electron chi connectivity index (χ4n) is 3.52. The molecule has 2 N–H and O–H groups in total. The van der Waals surface area contributed by atoms with Crippen molar-refractivity contribution in [3.8, 4) is 0 Å². The fourth-order valence-corrected chi connectivity index (χ4v) is 3.52. The third kappa shape index (κ3) is 3.21. The van der Waals surface area contributed by atoms with Gasteiger partial charge in [-0.15, -0.1) is 0 Å². The van der Waals surface area contributed by atoms with E-state index >= 15 is 0 Å². The van der Waals surface area contributed by atoms with E-state index in [1.807, 2.05) is 6.07 Å². The van der Waals surface area contributed by atoms with Gasteiger partial charge in [0.2, 0.25) is 0 Å². The number of furan rings is 1. The predicted molar refractivity (Wildman–Crippen MR) is 76.7 cm³/mol. The highest BCUT2D eigenvalue weighted by molar-refractivity contribution is 5.01. The van der Waals surface area contributed by atoms with Crippen molar-refractivity contribution in [1.82, 2.24) is 4.90 Å². The topological polar surface area (TPSA) is 42.4 Å². The lowest BCUT2D eigenvalue weighted by atomic mass is 9.73. The van der Waals surface area contributed by atoms with E-state index in [9.17, 15) is 0 Å². The van der Waals surface area contributed by atoms with Crippen molar-refractivity contribution < 1.29 is 4.42 Å². The Bertz CT molecular complexity index is 377. The van der Waals surface area contributed by atoms with Crippen molar-refractivity contribution in [1.29, 1.82) is 0 Å². The molecule has 19 heavy (non-hydrogen) atoms. The SMILES string of the molecule is NCC1(CN(Cc2ccco2)C2CC2)CCCCC1.